The summed E-state index contributed by atoms with van der Waals surface area (Å²) in [6.07, 6.45) is 4.18. The Morgan fingerprint density at radius 3 is 1.95 bits per heavy atom. The lowest BCUT2D eigenvalue weighted by Crippen LogP contribution is -2.03. The average molecular weight is 302 g/mol. The van der Waals surface area contributed by atoms with Crippen LogP contribution in [0.25, 0.3) is 6.08 Å². The molecule has 118 valence electrons. The van der Waals surface area contributed by atoms with E-state index in [1.54, 1.807) is 6.92 Å². The molecule has 0 bridgehead atoms. The Kier molecular flexibility index (Phi) is 14.1. The molecule has 0 aliphatic heterocycles. The summed E-state index contributed by atoms with van der Waals surface area (Å²) in [6.45, 7) is 15.2. The van der Waals surface area contributed by atoms with Gasteiger partial charge in [-0.05, 0) is 12.5 Å². The fraction of sp³-hybridized carbons (Fsp3) is 0.111. The summed E-state index contributed by atoms with van der Waals surface area (Å²) in [4.78, 5) is 19.8. The molecule has 0 radical (unpaired) electrons. The topological polar surface area (TPSA) is 63.6 Å². The van der Waals surface area contributed by atoms with E-state index in [1.807, 2.05) is 36.4 Å². The maximum atomic E-state index is 10.5. The Morgan fingerprint density at radius 2 is 1.68 bits per heavy atom. The van der Waals surface area contributed by atoms with Gasteiger partial charge in [0.2, 0.25) is 0 Å². The van der Waals surface area contributed by atoms with Crippen molar-refractivity contribution in [2.45, 2.75) is 6.92 Å². The van der Waals surface area contributed by atoms with Crippen LogP contribution in [-0.4, -0.2) is 23.7 Å². The molecule has 0 fully saturated rings. The van der Waals surface area contributed by atoms with Crippen molar-refractivity contribution in [3.63, 3.8) is 0 Å². The summed E-state index contributed by atoms with van der Waals surface area (Å²) >= 11 is 0. The van der Waals surface area contributed by atoms with E-state index in [4.69, 9.17) is 5.11 Å². The summed E-state index contributed by atoms with van der Waals surface area (Å²) in [5.41, 5.74) is 1.59. The van der Waals surface area contributed by atoms with E-state index in [0.29, 0.717) is 5.57 Å². The Labute approximate surface area is 131 Å². The summed E-state index contributed by atoms with van der Waals surface area (Å²) in [5.74, 6) is -1.35. The van der Waals surface area contributed by atoms with Crippen molar-refractivity contribution in [1.29, 1.82) is 0 Å². The van der Waals surface area contributed by atoms with Crippen molar-refractivity contribution < 1.29 is 19.4 Å². The molecule has 0 atom stereocenters. The Hall–Kier alpha value is -2.88. The molecular weight excluding hydrogens is 280 g/mol. The van der Waals surface area contributed by atoms with E-state index in [1.165, 1.54) is 11.6 Å². The standard InChI is InChI=1S/C8H8.C7H10O2.C3H4O2/c1-2-8-6-4-3-5-7-8;1-4-5-9-7(8)6(2)3;1-2-3(4)5/h2-7H,1H2;4H,1-2,5H2,3H3;2H,1H2,(H,4,5). The van der Waals surface area contributed by atoms with Crippen LogP contribution < -0.4 is 0 Å². The zero-order valence-corrected chi connectivity index (χ0v) is 12.8. The van der Waals surface area contributed by atoms with Crippen LogP contribution in [0, 0.1) is 0 Å². The molecule has 0 aliphatic rings. The lowest BCUT2D eigenvalue weighted by molar-refractivity contribution is -0.137. The first-order valence-electron chi connectivity index (χ1n) is 6.35. The minimum Gasteiger partial charge on any atom is -0.478 e. The number of ether oxygens (including phenoxy) is 1. The molecule has 0 heterocycles. The zero-order valence-electron chi connectivity index (χ0n) is 12.8. The van der Waals surface area contributed by atoms with Gasteiger partial charge >= 0.3 is 11.9 Å². The second kappa shape index (κ2) is 14.5. The van der Waals surface area contributed by atoms with Gasteiger partial charge in [-0.1, -0.05) is 68.8 Å². The van der Waals surface area contributed by atoms with Gasteiger partial charge in [0.15, 0.2) is 0 Å². The van der Waals surface area contributed by atoms with Crippen LogP contribution in [0.2, 0.25) is 0 Å². The highest BCUT2D eigenvalue weighted by Gasteiger charge is 1.98. The summed E-state index contributed by atoms with van der Waals surface area (Å²) in [6, 6.07) is 10.0. The van der Waals surface area contributed by atoms with E-state index in [0.717, 1.165) is 6.08 Å². The van der Waals surface area contributed by atoms with Crippen LogP contribution in [0.15, 0.2) is 74.4 Å². The van der Waals surface area contributed by atoms with E-state index in [-0.39, 0.29) is 12.6 Å². The van der Waals surface area contributed by atoms with Crippen molar-refractivity contribution in [3.05, 3.63) is 79.9 Å². The lowest BCUT2D eigenvalue weighted by atomic mass is 10.2. The van der Waals surface area contributed by atoms with Gasteiger partial charge in [0, 0.05) is 11.6 Å². The summed E-state index contributed by atoms with van der Waals surface area (Å²) < 4.78 is 4.60. The van der Waals surface area contributed by atoms with Crippen LogP contribution in [0.3, 0.4) is 0 Å². The number of aliphatic carboxylic acids is 1. The highest BCUT2D eigenvalue weighted by molar-refractivity contribution is 5.86. The third-order valence-corrected chi connectivity index (χ3v) is 1.89. The average Bonchev–Trinajstić information content (AvgIpc) is 2.54. The second-order valence-corrected chi connectivity index (χ2v) is 3.82. The molecular formula is C18H22O4. The first-order valence-corrected chi connectivity index (χ1v) is 6.35. The molecule has 1 aromatic rings. The maximum Gasteiger partial charge on any atom is 0.333 e. The summed E-state index contributed by atoms with van der Waals surface area (Å²) in [7, 11) is 0. The molecule has 1 N–H and O–H groups in total. The Bertz CT molecular complexity index is 501. The number of carbonyl (C=O) groups excluding carboxylic acids is 1. The number of hydrogen-bond acceptors (Lipinski definition) is 3. The molecule has 4 heteroatoms. The van der Waals surface area contributed by atoms with E-state index < -0.39 is 5.97 Å². The Balaban J connectivity index is 0. The quantitative estimate of drug-likeness (QED) is 0.509. The fourth-order valence-corrected chi connectivity index (χ4v) is 0.847. The van der Waals surface area contributed by atoms with Crippen molar-refractivity contribution >= 4 is 18.0 Å². The molecule has 22 heavy (non-hydrogen) atoms. The molecule has 0 aromatic heterocycles. The van der Waals surface area contributed by atoms with Gasteiger partial charge in [0.05, 0.1) is 0 Å². The van der Waals surface area contributed by atoms with Crippen LogP contribution in [0.1, 0.15) is 12.5 Å². The molecule has 0 saturated heterocycles. The predicted molar refractivity (Wildman–Crippen MR) is 90.3 cm³/mol. The normalized spacial score (nSPS) is 7.86. The molecule has 0 unspecified atom stereocenters. The van der Waals surface area contributed by atoms with Gasteiger partial charge in [0.1, 0.15) is 6.61 Å². The number of rotatable bonds is 5. The molecule has 0 aliphatic carbocycles. The van der Waals surface area contributed by atoms with Gasteiger partial charge in [-0.3, -0.25) is 0 Å². The van der Waals surface area contributed by atoms with Gasteiger partial charge < -0.3 is 9.84 Å². The highest BCUT2D eigenvalue weighted by Crippen LogP contribution is 1.97. The predicted octanol–water partition coefficient (Wildman–Crippen LogP) is 3.88. The highest BCUT2D eigenvalue weighted by atomic mass is 16.5. The van der Waals surface area contributed by atoms with Crippen molar-refractivity contribution in [2.75, 3.05) is 6.61 Å². The smallest absolute Gasteiger partial charge is 0.333 e. The number of benzene rings is 1. The monoisotopic (exact) mass is 302 g/mol. The van der Waals surface area contributed by atoms with Crippen molar-refractivity contribution in [1.82, 2.24) is 0 Å². The van der Waals surface area contributed by atoms with Crippen LogP contribution in [0.5, 0.6) is 0 Å². The SMILES string of the molecule is C=CC(=O)O.C=CCOC(=O)C(=C)C.C=Cc1ccccc1. The molecule has 0 amide bonds. The fourth-order valence-electron chi connectivity index (χ4n) is 0.847. The lowest BCUT2D eigenvalue weighted by Gasteiger charge is -1.97. The second-order valence-electron chi connectivity index (χ2n) is 3.82. The van der Waals surface area contributed by atoms with Crippen molar-refractivity contribution in [2.24, 2.45) is 0 Å². The largest absolute Gasteiger partial charge is 0.478 e. The number of carboxylic acids is 1. The molecule has 1 rings (SSSR count). The van der Waals surface area contributed by atoms with Gasteiger partial charge in [0.25, 0.3) is 0 Å². The minimum absolute atomic E-state index is 0.256. The number of esters is 1. The first-order chi connectivity index (χ1) is 10.4. The number of carbonyl (C=O) groups is 2. The molecule has 0 spiro atoms. The van der Waals surface area contributed by atoms with Crippen molar-refractivity contribution in [3.8, 4) is 0 Å². The maximum absolute atomic E-state index is 10.5. The third-order valence-electron chi connectivity index (χ3n) is 1.89. The first kappa shape index (κ1) is 21.4. The van der Waals surface area contributed by atoms with Gasteiger partial charge in [-0.25, -0.2) is 9.59 Å². The Morgan fingerprint density at radius 1 is 1.18 bits per heavy atom. The van der Waals surface area contributed by atoms with Gasteiger partial charge in [-0.15, -0.1) is 0 Å². The van der Waals surface area contributed by atoms with Crippen LogP contribution in [-0.2, 0) is 14.3 Å². The third kappa shape index (κ3) is 15.2. The van der Waals surface area contributed by atoms with Crippen LogP contribution >= 0.6 is 0 Å². The zero-order chi connectivity index (χ0) is 17.4. The van der Waals surface area contributed by atoms with Gasteiger partial charge in [-0.2, -0.15) is 0 Å². The van der Waals surface area contributed by atoms with E-state index in [2.05, 4.69) is 31.1 Å². The minimum atomic E-state index is -0.981. The molecule has 1 aromatic carbocycles. The molecule has 0 saturated carbocycles. The number of hydrogen-bond donors (Lipinski definition) is 1. The van der Waals surface area contributed by atoms with Crippen LogP contribution in [0.4, 0.5) is 0 Å². The summed E-state index contributed by atoms with van der Waals surface area (Å²) in [5, 5.41) is 7.60. The van der Waals surface area contributed by atoms with E-state index >= 15 is 0 Å². The van der Waals surface area contributed by atoms with E-state index in [9.17, 15) is 9.59 Å². The molecule has 4 nitrogen and oxygen atoms in total. The number of carboxylic acid groups (broad SMARTS) is 1.